The molecule has 2 heterocycles. The van der Waals surface area contributed by atoms with E-state index >= 15 is 0 Å². The molecule has 142 valence electrons. The molecule has 0 fully saturated rings. The maximum absolute atomic E-state index is 12.6. The molecule has 3 rings (SSSR count). The lowest BCUT2D eigenvalue weighted by Crippen LogP contribution is -2.39. The molecule has 0 aliphatic heterocycles. The van der Waals surface area contributed by atoms with Gasteiger partial charge in [-0.25, -0.2) is 18.0 Å². The van der Waals surface area contributed by atoms with Crippen molar-refractivity contribution in [3.8, 4) is 0 Å². The Morgan fingerprint density at radius 1 is 1.22 bits per heavy atom. The molecule has 0 saturated heterocycles. The topological polar surface area (TPSA) is 115 Å². The lowest BCUT2D eigenvalue weighted by atomic mass is 10.4. The van der Waals surface area contributed by atoms with E-state index in [1.54, 1.807) is 0 Å². The highest BCUT2D eigenvalue weighted by atomic mass is 35.5. The lowest BCUT2D eigenvalue weighted by Gasteiger charge is -2.08. The molecule has 3 aromatic rings. The Labute approximate surface area is 161 Å². The van der Waals surface area contributed by atoms with E-state index in [1.807, 2.05) is 0 Å². The summed E-state index contributed by atoms with van der Waals surface area (Å²) in [6.07, 6.45) is 1.13. The quantitative estimate of drug-likeness (QED) is 0.660. The minimum Gasteiger partial charge on any atom is -0.477 e. The molecule has 0 saturated carbocycles. The summed E-state index contributed by atoms with van der Waals surface area (Å²) in [6, 6.07) is 5.56. The average molecular weight is 429 g/mol. The third kappa shape index (κ3) is 3.55. The fourth-order valence-corrected chi connectivity index (χ4v) is 4.79. The second-order valence-electron chi connectivity index (χ2n) is 5.71. The van der Waals surface area contributed by atoms with Gasteiger partial charge < -0.3 is 5.11 Å². The molecule has 1 N–H and O–H groups in total. The minimum absolute atomic E-state index is 0.0292. The number of hydrogen-bond donors (Lipinski definition) is 1. The number of carboxylic acid groups (broad SMARTS) is 1. The Balaban J connectivity index is 2.02. The Bertz CT molecular complexity index is 1270. The van der Waals surface area contributed by atoms with Crippen molar-refractivity contribution in [3.63, 3.8) is 0 Å². The van der Waals surface area contributed by atoms with Crippen molar-refractivity contribution in [2.75, 3.05) is 5.75 Å². The van der Waals surface area contributed by atoms with Crippen LogP contribution in [0.4, 0.5) is 0 Å². The number of sulfone groups is 1. The Morgan fingerprint density at radius 3 is 2.44 bits per heavy atom. The van der Waals surface area contributed by atoms with Gasteiger partial charge in [0.15, 0.2) is 9.84 Å². The number of benzene rings is 1. The van der Waals surface area contributed by atoms with E-state index in [1.165, 1.54) is 31.2 Å². The van der Waals surface area contributed by atoms with Gasteiger partial charge >= 0.3 is 11.7 Å². The van der Waals surface area contributed by atoms with Crippen LogP contribution in [0.2, 0.25) is 5.02 Å². The zero-order chi connectivity index (χ0) is 19.9. The molecule has 0 atom stereocenters. The second-order valence-corrected chi connectivity index (χ2v) is 9.29. The SMILES string of the molecule is Cc1c(=O)n(CCS(=O)(=O)c2ccc(Cl)cc2)c(=O)n2cc(C(=O)O)sc12. The molecule has 1 aromatic carbocycles. The lowest BCUT2D eigenvalue weighted by molar-refractivity contribution is 0.0701. The van der Waals surface area contributed by atoms with E-state index < -0.39 is 32.8 Å². The highest BCUT2D eigenvalue weighted by Gasteiger charge is 2.20. The molecule has 0 unspecified atom stereocenters. The van der Waals surface area contributed by atoms with Crippen LogP contribution in [-0.4, -0.2) is 34.2 Å². The van der Waals surface area contributed by atoms with Crippen molar-refractivity contribution >= 4 is 43.6 Å². The normalized spacial score (nSPS) is 11.8. The predicted octanol–water partition coefficient (Wildman–Crippen LogP) is 1.66. The number of hydrogen-bond acceptors (Lipinski definition) is 6. The van der Waals surface area contributed by atoms with Crippen molar-refractivity contribution in [3.05, 3.63) is 66.8 Å². The van der Waals surface area contributed by atoms with Crippen LogP contribution in [-0.2, 0) is 16.4 Å². The second kappa shape index (κ2) is 6.95. The van der Waals surface area contributed by atoms with Crippen molar-refractivity contribution in [2.24, 2.45) is 0 Å². The number of rotatable bonds is 5. The standard InChI is InChI=1S/C16H13ClN2O6S2/c1-9-13(20)18(16(23)19-8-12(15(21)22)26-14(9)19)6-7-27(24,25)11-4-2-10(17)3-5-11/h2-5,8H,6-7H2,1H3,(H,21,22). The molecule has 11 heteroatoms. The molecule has 0 amide bonds. The summed E-state index contributed by atoms with van der Waals surface area (Å²) in [7, 11) is -3.74. The van der Waals surface area contributed by atoms with Crippen LogP contribution >= 0.6 is 22.9 Å². The number of aromatic nitrogens is 2. The largest absolute Gasteiger partial charge is 0.477 e. The zero-order valence-corrected chi connectivity index (χ0v) is 16.3. The van der Waals surface area contributed by atoms with Crippen molar-refractivity contribution in [2.45, 2.75) is 18.4 Å². The van der Waals surface area contributed by atoms with Gasteiger partial charge in [-0.2, -0.15) is 0 Å². The monoisotopic (exact) mass is 428 g/mol. The molecule has 27 heavy (non-hydrogen) atoms. The third-order valence-electron chi connectivity index (χ3n) is 3.96. The number of nitrogens with zero attached hydrogens (tertiary/aromatic N) is 2. The fourth-order valence-electron chi connectivity index (χ4n) is 2.53. The van der Waals surface area contributed by atoms with E-state index in [-0.39, 0.29) is 26.7 Å². The first-order valence-corrected chi connectivity index (χ1v) is 10.4. The number of fused-ring (bicyclic) bond motifs is 1. The van der Waals surface area contributed by atoms with Gasteiger partial charge in [-0.3, -0.25) is 13.8 Å². The minimum atomic E-state index is -3.74. The summed E-state index contributed by atoms with van der Waals surface area (Å²) < 4.78 is 26.7. The van der Waals surface area contributed by atoms with E-state index in [0.29, 0.717) is 5.02 Å². The molecule has 0 bridgehead atoms. The van der Waals surface area contributed by atoms with Gasteiger partial charge in [-0.05, 0) is 31.2 Å². The van der Waals surface area contributed by atoms with Crippen LogP contribution in [0.3, 0.4) is 0 Å². The van der Waals surface area contributed by atoms with Crippen LogP contribution in [0.1, 0.15) is 15.2 Å². The van der Waals surface area contributed by atoms with Gasteiger partial charge in [0, 0.05) is 23.3 Å². The molecular formula is C16H13ClN2O6S2. The van der Waals surface area contributed by atoms with Crippen LogP contribution < -0.4 is 11.2 Å². The maximum Gasteiger partial charge on any atom is 0.347 e. The maximum atomic E-state index is 12.6. The molecule has 0 radical (unpaired) electrons. The Hall–Kier alpha value is -2.43. The van der Waals surface area contributed by atoms with E-state index in [2.05, 4.69) is 0 Å². The van der Waals surface area contributed by atoms with Crippen LogP contribution in [0.25, 0.3) is 4.83 Å². The van der Waals surface area contributed by atoms with Crippen molar-refractivity contribution in [1.29, 1.82) is 0 Å². The van der Waals surface area contributed by atoms with Gasteiger partial charge in [0.25, 0.3) is 5.56 Å². The molecule has 0 aliphatic rings. The van der Waals surface area contributed by atoms with Crippen LogP contribution in [0.15, 0.2) is 44.9 Å². The number of halogens is 1. The van der Waals surface area contributed by atoms with Gasteiger partial charge in [0.1, 0.15) is 9.71 Å². The summed E-state index contributed by atoms with van der Waals surface area (Å²) in [5.74, 6) is -1.68. The predicted molar refractivity (Wildman–Crippen MR) is 101 cm³/mol. The molecule has 0 spiro atoms. The summed E-state index contributed by atoms with van der Waals surface area (Å²) >= 11 is 6.56. The first-order valence-electron chi connectivity index (χ1n) is 7.59. The first-order chi connectivity index (χ1) is 12.6. The average Bonchev–Trinajstić information content (AvgIpc) is 3.06. The van der Waals surface area contributed by atoms with Gasteiger partial charge in [-0.15, -0.1) is 11.3 Å². The number of carbonyl (C=O) groups is 1. The molecule has 2 aromatic heterocycles. The fraction of sp³-hybridized carbons (Fsp3) is 0.188. The van der Waals surface area contributed by atoms with Crippen molar-refractivity contribution in [1.82, 2.24) is 8.97 Å². The van der Waals surface area contributed by atoms with E-state index in [0.717, 1.165) is 26.5 Å². The summed E-state index contributed by atoms with van der Waals surface area (Å²) in [4.78, 5) is 36.3. The van der Waals surface area contributed by atoms with E-state index in [9.17, 15) is 22.8 Å². The molecule has 8 nitrogen and oxygen atoms in total. The Kier molecular flexibility index (Phi) is 4.98. The molecular weight excluding hydrogens is 416 g/mol. The summed E-state index contributed by atoms with van der Waals surface area (Å²) in [5, 5.41) is 9.47. The highest BCUT2D eigenvalue weighted by Crippen LogP contribution is 2.18. The molecule has 0 aliphatic carbocycles. The van der Waals surface area contributed by atoms with Gasteiger partial charge in [-0.1, -0.05) is 11.6 Å². The number of aromatic carboxylic acids is 1. The zero-order valence-electron chi connectivity index (χ0n) is 13.9. The van der Waals surface area contributed by atoms with Gasteiger partial charge in [0.05, 0.1) is 10.6 Å². The third-order valence-corrected chi connectivity index (χ3v) is 7.12. The number of thiazole rings is 1. The smallest absolute Gasteiger partial charge is 0.347 e. The number of aryl methyl sites for hydroxylation is 1. The summed E-state index contributed by atoms with van der Waals surface area (Å²) in [5.41, 5.74) is -1.25. The van der Waals surface area contributed by atoms with Crippen LogP contribution in [0, 0.1) is 6.92 Å². The number of carboxylic acids is 1. The highest BCUT2D eigenvalue weighted by molar-refractivity contribution is 7.91. The summed E-state index contributed by atoms with van der Waals surface area (Å²) in [6.45, 7) is 1.11. The van der Waals surface area contributed by atoms with E-state index in [4.69, 9.17) is 16.7 Å². The Morgan fingerprint density at radius 2 is 1.85 bits per heavy atom. The van der Waals surface area contributed by atoms with Crippen molar-refractivity contribution < 1.29 is 18.3 Å². The van der Waals surface area contributed by atoms with Crippen LogP contribution in [0.5, 0.6) is 0 Å². The first kappa shape index (κ1) is 19.3. The van der Waals surface area contributed by atoms with Gasteiger partial charge in [0.2, 0.25) is 0 Å².